The maximum absolute atomic E-state index is 12.6. The Kier molecular flexibility index (Phi) is 31.3. The molecule has 0 aliphatic carbocycles. The number of unbranched alkanes of at least 4 members (excludes halogenated alkanes) is 23. The summed E-state index contributed by atoms with van der Waals surface area (Å²) in [5, 5.41) is 2.82. The Morgan fingerprint density at radius 2 is 0.980 bits per heavy atom. The maximum atomic E-state index is 12.6. The summed E-state index contributed by atoms with van der Waals surface area (Å²) < 4.78 is 16.4. The van der Waals surface area contributed by atoms with Crippen LogP contribution in [0.15, 0.2) is 12.2 Å². The van der Waals surface area contributed by atoms with Gasteiger partial charge in [0.15, 0.2) is 6.10 Å². The van der Waals surface area contributed by atoms with E-state index in [2.05, 4.69) is 36.2 Å². The van der Waals surface area contributed by atoms with Gasteiger partial charge in [0.05, 0.1) is 6.04 Å². The Morgan fingerprint density at radius 1 is 0.580 bits per heavy atom. The van der Waals surface area contributed by atoms with E-state index in [-0.39, 0.29) is 31.2 Å². The van der Waals surface area contributed by atoms with Crippen molar-refractivity contribution in [3.05, 3.63) is 12.2 Å². The number of esters is 2. The number of nitrogens with one attached hydrogen (secondary N) is 1. The van der Waals surface area contributed by atoms with Gasteiger partial charge < -0.3 is 24.4 Å². The molecule has 1 aliphatic heterocycles. The minimum absolute atomic E-state index is 0.0628. The highest BCUT2D eigenvalue weighted by molar-refractivity contribution is 5.70. The molecular formula is C42H78N2O6. The summed E-state index contributed by atoms with van der Waals surface area (Å²) in [6.07, 6.45) is 35.8. The molecule has 1 atom stereocenters. The molecule has 1 amide bonds. The van der Waals surface area contributed by atoms with Crippen LogP contribution in [-0.2, 0) is 23.8 Å². The first-order valence-electron chi connectivity index (χ1n) is 21.1. The van der Waals surface area contributed by atoms with Crippen molar-refractivity contribution in [2.75, 3.05) is 33.4 Å². The Labute approximate surface area is 307 Å². The third kappa shape index (κ3) is 29.6. The van der Waals surface area contributed by atoms with E-state index >= 15 is 0 Å². The highest BCUT2D eigenvalue weighted by Crippen LogP contribution is 2.14. The van der Waals surface area contributed by atoms with Crippen LogP contribution in [-0.4, -0.2) is 68.4 Å². The van der Waals surface area contributed by atoms with Crippen LogP contribution in [0.2, 0.25) is 0 Å². The monoisotopic (exact) mass is 707 g/mol. The van der Waals surface area contributed by atoms with Crippen molar-refractivity contribution in [2.45, 2.75) is 206 Å². The molecule has 50 heavy (non-hydrogen) atoms. The molecule has 1 heterocycles. The summed E-state index contributed by atoms with van der Waals surface area (Å²) in [6.45, 7) is 5.83. The van der Waals surface area contributed by atoms with E-state index in [1.165, 1.54) is 116 Å². The largest absolute Gasteiger partial charge is 0.462 e. The van der Waals surface area contributed by atoms with Gasteiger partial charge in [-0.25, -0.2) is 4.79 Å². The molecule has 1 aliphatic rings. The van der Waals surface area contributed by atoms with Gasteiger partial charge >= 0.3 is 18.0 Å². The second-order valence-corrected chi connectivity index (χ2v) is 14.8. The van der Waals surface area contributed by atoms with Crippen molar-refractivity contribution in [1.29, 1.82) is 0 Å². The van der Waals surface area contributed by atoms with Crippen LogP contribution in [0.4, 0.5) is 4.79 Å². The molecule has 0 aromatic heterocycles. The molecule has 292 valence electrons. The Hall–Kier alpha value is -2.09. The fraction of sp³-hybridized carbons (Fsp3) is 0.881. The number of amides is 1. The Morgan fingerprint density at radius 3 is 1.44 bits per heavy atom. The van der Waals surface area contributed by atoms with Crippen molar-refractivity contribution in [1.82, 2.24) is 10.2 Å². The molecule has 0 bridgehead atoms. The molecule has 1 N–H and O–H groups in total. The Bertz CT molecular complexity index is 844. The lowest BCUT2D eigenvalue weighted by molar-refractivity contribution is -0.161. The molecule has 8 heteroatoms. The molecule has 0 spiro atoms. The Balaban J connectivity index is 2.19. The number of likely N-dealkylation sites (tertiary alicyclic amines) is 1. The fourth-order valence-electron chi connectivity index (χ4n) is 6.41. The molecule has 1 unspecified atom stereocenters. The number of allylic oxidation sites excluding steroid dienone is 2. The number of carbonyl (C=O) groups is 3. The second-order valence-electron chi connectivity index (χ2n) is 14.8. The van der Waals surface area contributed by atoms with E-state index in [0.29, 0.717) is 12.8 Å². The topological polar surface area (TPSA) is 94.2 Å². The van der Waals surface area contributed by atoms with Gasteiger partial charge in [0.1, 0.15) is 13.2 Å². The number of ether oxygens (including phenoxy) is 3. The van der Waals surface area contributed by atoms with Gasteiger partial charge in [-0.3, -0.25) is 9.59 Å². The number of rotatable bonds is 35. The molecular weight excluding hydrogens is 628 g/mol. The van der Waals surface area contributed by atoms with Gasteiger partial charge in [-0.05, 0) is 45.6 Å². The van der Waals surface area contributed by atoms with Crippen molar-refractivity contribution in [3.63, 3.8) is 0 Å². The van der Waals surface area contributed by atoms with Crippen molar-refractivity contribution >= 4 is 18.0 Å². The summed E-state index contributed by atoms with van der Waals surface area (Å²) >= 11 is 0. The smallest absolute Gasteiger partial charge is 0.407 e. The van der Waals surface area contributed by atoms with Crippen LogP contribution in [0.25, 0.3) is 0 Å². The van der Waals surface area contributed by atoms with Crippen molar-refractivity contribution < 1.29 is 28.6 Å². The fourth-order valence-corrected chi connectivity index (χ4v) is 6.41. The van der Waals surface area contributed by atoms with Gasteiger partial charge in [-0.1, -0.05) is 154 Å². The first kappa shape index (κ1) is 45.9. The zero-order chi connectivity index (χ0) is 36.3. The van der Waals surface area contributed by atoms with Crippen LogP contribution < -0.4 is 5.32 Å². The van der Waals surface area contributed by atoms with E-state index in [9.17, 15) is 14.4 Å². The van der Waals surface area contributed by atoms with Gasteiger partial charge in [-0.15, -0.1) is 0 Å². The zero-order valence-corrected chi connectivity index (χ0v) is 32.8. The number of alkyl carbamates (subject to hydrolysis) is 1. The van der Waals surface area contributed by atoms with Gasteiger partial charge in [-0.2, -0.15) is 0 Å². The molecule has 0 aromatic rings. The minimum Gasteiger partial charge on any atom is -0.462 e. The van der Waals surface area contributed by atoms with Crippen molar-refractivity contribution in [3.8, 4) is 0 Å². The predicted molar refractivity (Wildman–Crippen MR) is 206 cm³/mol. The van der Waals surface area contributed by atoms with Gasteiger partial charge in [0.25, 0.3) is 0 Å². The van der Waals surface area contributed by atoms with Crippen LogP contribution in [0.3, 0.4) is 0 Å². The third-order valence-corrected chi connectivity index (χ3v) is 9.64. The molecule has 0 aromatic carbocycles. The highest BCUT2D eigenvalue weighted by atomic mass is 16.6. The summed E-state index contributed by atoms with van der Waals surface area (Å²) in [5.41, 5.74) is 0. The third-order valence-electron chi connectivity index (χ3n) is 9.64. The first-order valence-corrected chi connectivity index (χ1v) is 21.1. The molecule has 1 saturated heterocycles. The van der Waals surface area contributed by atoms with Crippen LogP contribution in [0, 0.1) is 0 Å². The van der Waals surface area contributed by atoms with E-state index in [1.807, 2.05) is 7.05 Å². The van der Waals surface area contributed by atoms with Gasteiger partial charge in [0.2, 0.25) is 0 Å². The average Bonchev–Trinajstić information content (AvgIpc) is 3.09. The van der Waals surface area contributed by atoms with Gasteiger partial charge in [0, 0.05) is 25.9 Å². The number of carbonyl (C=O) groups excluding carboxylic acids is 3. The van der Waals surface area contributed by atoms with Crippen LogP contribution >= 0.6 is 0 Å². The normalized spacial score (nSPS) is 14.1. The lowest BCUT2D eigenvalue weighted by atomic mass is 10.0. The summed E-state index contributed by atoms with van der Waals surface area (Å²) in [7, 11) is 1.99. The number of hydrogen-bond donors (Lipinski definition) is 1. The van der Waals surface area contributed by atoms with Crippen molar-refractivity contribution in [2.24, 2.45) is 0 Å². The lowest BCUT2D eigenvalue weighted by Crippen LogP contribution is -2.57. The average molecular weight is 707 g/mol. The number of hydrogen-bond acceptors (Lipinski definition) is 7. The second kappa shape index (κ2) is 34.0. The summed E-state index contributed by atoms with van der Waals surface area (Å²) in [6, 6.07) is 0.0628. The first-order chi connectivity index (χ1) is 24.4. The van der Waals surface area contributed by atoms with E-state index < -0.39 is 12.2 Å². The quantitative estimate of drug-likeness (QED) is 0.0303. The van der Waals surface area contributed by atoms with E-state index in [4.69, 9.17) is 14.2 Å². The van der Waals surface area contributed by atoms with Crippen LogP contribution in [0.5, 0.6) is 0 Å². The standard InChI is InChI=1S/C42H78N2O6/c1-4-6-8-10-12-14-16-18-19-21-23-25-27-29-31-33-41(46)50-39(37-49-42(47)43-38-34-44(3)35-38)36-48-40(45)32-30-28-26-24-22-20-17-15-13-11-9-7-5-2/h18-19,38-39H,4-17,20-37H2,1-3H3,(H,43,47)/b19-18-. The molecule has 8 nitrogen and oxygen atoms in total. The maximum Gasteiger partial charge on any atom is 0.407 e. The highest BCUT2D eigenvalue weighted by Gasteiger charge is 2.26. The summed E-state index contributed by atoms with van der Waals surface area (Å²) in [5.74, 6) is -0.641. The van der Waals surface area contributed by atoms with Crippen LogP contribution in [0.1, 0.15) is 194 Å². The SMILES string of the molecule is CCCCCCCC/C=C\CCCCCCCC(=O)OC(COC(=O)CCCCCCCCCCCCCCC)COC(=O)NC1CN(C)C1. The zero-order valence-electron chi connectivity index (χ0n) is 32.8. The molecule has 1 fully saturated rings. The van der Waals surface area contributed by atoms with E-state index in [0.717, 1.165) is 64.5 Å². The number of likely N-dealkylation sites (N-methyl/N-ethyl adjacent to an activating group) is 1. The predicted octanol–water partition coefficient (Wildman–Crippen LogP) is 11.0. The summed E-state index contributed by atoms with van der Waals surface area (Å²) in [4.78, 5) is 39.4. The minimum atomic E-state index is -0.809. The number of nitrogens with zero attached hydrogens (tertiary/aromatic N) is 1. The lowest BCUT2D eigenvalue weighted by Gasteiger charge is -2.36. The molecule has 1 rings (SSSR count). The van der Waals surface area contributed by atoms with E-state index in [1.54, 1.807) is 0 Å². The molecule has 0 saturated carbocycles. The molecule has 0 radical (unpaired) electrons.